The van der Waals surface area contributed by atoms with Crippen molar-refractivity contribution >= 4 is 11.6 Å². The fourth-order valence-electron chi connectivity index (χ4n) is 3.21. The molecule has 0 aliphatic rings. The Bertz CT molecular complexity index is 1220. The quantitative estimate of drug-likeness (QED) is 0.502. The highest BCUT2D eigenvalue weighted by Gasteiger charge is 2.16. The molecule has 0 unspecified atom stereocenters. The maximum atomic E-state index is 12.5. The van der Waals surface area contributed by atoms with Gasteiger partial charge in [0.25, 0.3) is 5.91 Å². The number of benzene rings is 3. The van der Waals surface area contributed by atoms with Crippen molar-refractivity contribution in [2.75, 3.05) is 19.5 Å². The van der Waals surface area contributed by atoms with Crippen LogP contribution in [0.2, 0.25) is 0 Å². The second-order valence-corrected chi connectivity index (χ2v) is 6.88. The molecular formula is C24H22N4O3. The van der Waals surface area contributed by atoms with Gasteiger partial charge in [-0.2, -0.15) is 4.98 Å². The van der Waals surface area contributed by atoms with E-state index in [2.05, 4.69) is 15.4 Å². The first-order valence-electron chi connectivity index (χ1n) is 9.72. The molecule has 31 heavy (non-hydrogen) atoms. The Labute approximate surface area is 180 Å². The predicted molar refractivity (Wildman–Crippen MR) is 119 cm³/mol. The molecule has 7 heteroatoms. The largest absolute Gasteiger partial charge is 0.497 e. The summed E-state index contributed by atoms with van der Waals surface area (Å²) in [4.78, 5) is 17.1. The van der Waals surface area contributed by atoms with E-state index < -0.39 is 0 Å². The zero-order valence-corrected chi connectivity index (χ0v) is 17.5. The Morgan fingerprint density at radius 2 is 1.71 bits per heavy atom. The zero-order valence-electron chi connectivity index (χ0n) is 17.5. The average Bonchev–Trinajstić information content (AvgIpc) is 3.24. The van der Waals surface area contributed by atoms with Crippen molar-refractivity contribution in [2.45, 2.75) is 6.92 Å². The third kappa shape index (κ3) is 4.25. The van der Waals surface area contributed by atoms with Gasteiger partial charge in [-0.25, -0.2) is 4.68 Å². The Morgan fingerprint density at radius 3 is 2.42 bits per heavy atom. The van der Waals surface area contributed by atoms with Crippen LogP contribution in [-0.2, 0) is 0 Å². The lowest BCUT2D eigenvalue weighted by atomic mass is 10.1. The summed E-state index contributed by atoms with van der Waals surface area (Å²) in [6, 6.07) is 22.7. The number of nitrogens with one attached hydrogen (secondary N) is 1. The van der Waals surface area contributed by atoms with E-state index >= 15 is 0 Å². The molecule has 0 fully saturated rings. The zero-order chi connectivity index (χ0) is 21.8. The first kappa shape index (κ1) is 20.2. The Hall–Kier alpha value is -4.13. The van der Waals surface area contributed by atoms with E-state index in [1.54, 1.807) is 43.2 Å². The van der Waals surface area contributed by atoms with Crippen LogP contribution in [0.5, 0.6) is 11.8 Å². The van der Waals surface area contributed by atoms with Crippen LogP contribution in [0.1, 0.15) is 15.9 Å². The van der Waals surface area contributed by atoms with Gasteiger partial charge in [0.1, 0.15) is 5.75 Å². The van der Waals surface area contributed by atoms with Gasteiger partial charge in [-0.15, -0.1) is 5.10 Å². The van der Waals surface area contributed by atoms with Gasteiger partial charge in [-0.1, -0.05) is 30.3 Å². The van der Waals surface area contributed by atoms with E-state index in [1.165, 1.54) is 0 Å². The number of carbonyl (C=O) groups is 1. The molecule has 0 radical (unpaired) electrons. The molecule has 0 spiro atoms. The molecule has 0 saturated heterocycles. The number of methoxy groups -OCH3 is 2. The number of aromatic nitrogens is 3. The summed E-state index contributed by atoms with van der Waals surface area (Å²) in [5.74, 6) is 1.10. The number of anilines is 1. The normalized spacial score (nSPS) is 10.5. The topological polar surface area (TPSA) is 78.3 Å². The fourth-order valence-corrected chi connectivity index (χ4v) is 3.21. The molecule has 0 aliphatic carbocycles. The average molecular weight is 414 g/mol. The molecule has 156 valence electrons. The van der Waals surface area contributed by atoms with Crippen LogP contribution >= 0.6 is 0 Å². The summed E-state index contributed by atoms with van der Waals surface area (Å²) in [6.45, 7) is 2.03. The predicted octanol–water partition coefficient (Wildman–Crippen LogP) is 4.51. The summed E-state index contributed by atoms with van der Waals surface area (Å²) in [7, 11) is 3.11. The van der Waals surface area contributed by atoms with Crippen molar-refractivity contribution < 1.29 is 14.3 Å². The second-order valence-electron chi connectivity index (χ2n) is 6.88. The molecule has 1 heterocycles. The Morgan fingerprint density at radius 1 is 0.935 bits per heavy atom. The summed E-state index contributed by atoms with van der Waals surface area (Å²) >= 11 is 0. The Kier molecular flexibility index (Phi) is 5.66. The fraction of sp³-hybridized carbons (Fsp3) is 0.125. The molecule has 0 bridgehead atoms. The minimum Gasteiger partial charge on any atom is -0.497 e. The van der Waals surface area contributed by atoms with Crippen LogP contribution < -0.4 is 14.8 Å². The number of hydrogen-bond acceptors (Lipinski definition) is 5. The van der Waals surface area contributed by atoms with Gasteiger partial charge in [-0.3, -0.25) is 4.79 Å². The maximum Gasteiger partial charge on any atom is 0.336 e. The van der Waals surface area contributed by atoms with Crippen molar-refractivity contribution in [3.05, 3.63) is 83.9 Å². The van der Waals surface area contributed by atoms with Gasteiger partial charge in [-0.05, 0) is 55.0 Å². The third-order valence-corrected chi connectivity index (χ3v) is 4.86. The standard InChI is InChI=1S/C24H22N4O3/c1-16-7-4-5-10-21(16)22-26-24(31-3)27-28(22)19-13-11-18(12-14-19)25-23(29)17-8-6-9-20(15-17)30-2/h4-15H,1-3H3,(H,25,29). The highest BCUT2D eigenvalue weighted by atomic mass is 16.5. The molecule has 7 nitrogen and oxygen atoms in total. The van der Waals surface area contributed by atoms with E-state index in [0.29, 0.717) is 22.8 Å². The van der Waals surface area contributed by atoms with Crippen molar-refractivity contribution in [2.24, 2.45) is 0 Å². The molecule has 1 aromatic heterocycles. The van der Waals surface area contributed by atoms with E-state index in [4.69, 9.17) is 9.47 Å². The Balaban J connectivity index is 1.61. The minimum atomic E-state index is -0.213. The van der Waals surface area contributed by atoms with Crippen LogP contribution in [0.15, 0.2) is 72.8 Å². The molecule has 0 aliphatic heterocycles. The SMILES string of the molecule is COc1cccc(C(=O)Nc2ccc(-n3nc(OC)nc3-c3ccccc3C)cc2)c1. The molecule has 0 saturated carbocycles. The molecule has 0 atom stereocenters. The van der Waals surface area contributed by atoms with Crippen LogP contribution in [0, 0.1) is 6.92 Å². The number of aryl methyl sites for hydroxylation is 1. The number of nitrogens with zero attached hydrogens (tertiary/aromatic N) is 3. The maximum absolute atomic E-state index is 12.5. The van der Waals surface area contributed by atoms with E-state index in [9.17, 15) is 4.79 Å². The van der Waals surface area contributed by atoms with Crippen molar-refractivity contribution in [1.82, 2.24) is 14.8 Å². The van der Waals surface area contributed by atoms with Gasteiger partial charge >= 0.3 is 6.01 Å². The van der Waals surface area contributed by atoms with Gasteiger partial charge in [0.15, 0.2) is 5.82 Å². The smallest absolute Gasteiger partial charge is 0.336 e. The first-order valence-corrected chi connectivity index (χ1v) is 9.72. The summed E-state index contributed by atoms with van der Waals surface area (Å²) in [5.41, 5.74) is 4.04. The van der Waals surface area contributed by atoms with Gasteiger partial charge in [0, 0.05) is 16.8 Å². The third-order valence-electron chi connectivity index (χ3n) is 4.86. The number of amides is 1. The molecule has 1 N–H and O–H groups in total. The highest BCUT2D eigenvalue weighted by molar-refractivity contribution is 6.04. The van der Waals surface area contributed by atoms with Gasteiger partial charge < -0.3 is 14.8 Å². The van der Waals surface area contributed by atoms with Crippen molar-refractivity contribution in [3.63, 3.8) is 0 Å². The van der Waals surface area contributed by atoms with Crippen LogP contribution in [0.3, 0.4) is 0 Å². The highest BCUT2D eigenvalue weighted by Crippen LogP contribution is 2.26. The van der Waals surface area contributed by atoms with Crippen LogP contribution in [0.4, 0.5) is 5.69 Å². The summed E-state index contributed by atoms with van der Waals surface area (Å²) in [5, 5.41) is 7.35. The van der Waals surface area contributed by atoms with Crippen LogP contribution in [0.25, 0.3) is 17.1 Å². The number of hydrogen-bond donors (Lipinski definition) is 1. The second kappa shape index (κ2) is 8.71. The molecule has 4 rings (SSSR count). The van der Waals surface area contributed by atoms with E-state index in [1.807, 2.05) is 55.5 Å². The van der Waals surface area contributed by atoms with Crippen LogP contribution in [-0.4, -0.2) is 34.9 Å². The number of ether oxygens (including phenoxy) is 2. The van der Waals surface area contributed by atoms with Gasteiger partial charge in [0.05, 0.1) is 19.9 Å². The van der Waals surface area contributed by atoms with Crippen molar-refractivity contribution in [3.8, 4) is 28.8 Å². The minimum absolute atomic E-state index is 0.213. The molecule has 1 amide bonds. The van der Waals surface area contributed by atoms with E-state index in [-0.39, 0.29) is 11.9 Å². The number of rotatable bonds is 6. The lowest BCUT2D eigenvalue weighted by molar-refractivity contribution is 0.102. The summed E-state index contributed by atoms with van der Waals surface area (Å²) in [6.07, 6.45) is 0. The monoisotopic (exact) mass is 414 g/mol. The molecule has 4 aromatic rings. The molecule has 3 aromatic carbocycles. The lowest BCUT2D eigenvalue weighted by Gasteiger charge is -2.10. The lowest BCUT2D eigenvalue weighted by Crippen LogP contribution is -2.12. The van der Waals surface area contributed by atoms with E-state index in [0.717, 1.165) is 16.8 Å². The van der Waals surface area contributed by atoms with Gasteiger partial charge in [0.2, 0.25) is 0 Å². The van der Waals surface area contributed by atoms with Crippen molar-refractivity contribution in [1.29, 1.82) is 0 Å². The molecular weight excluding hydrogens is 392 g/mol. The number of carbonyl (C=O) groups excluding carboxylic acids is 1. The first-order chi connectivity index (χ1) is 15.1. The summed E-state index contributed by atoms with van der Waals surface area (Å²) < 4.78 is 12.2.